The third-order valence-corrected chi connectivity index (χ3v) is 7.91. The smallest absolute Gasteiger partial charge is 0.337 e. The van der Waals surface area contributed by atoms with Crippen LogP contribution in [0, 0.1) is 11.3 Å². The number of phenolic OH excluding ortho intramolecular Hbond substituents is 1. The Labute approximate surface area is 225 Å². The molecule has 0 aromatic heterocycles. The van der Waals surface area contributed by atoms with Crippen LogP contribution >= 0.6 is 0 Å². The molecule has 6 nitrogen and oxygen atoms in total. The number of hydrogen-bond acceptors (Lipinski definition) is 6. The first-order chi connectivity index (χ1) is 18.2. The number of ether oxygens (including phenoxy) is 2. The largest absolute Gasteiger partial charge is 0.508 e. The first kappa shape index (κ1) is 27.2. The number of nitrogens with one attached hydrogen (secondary N) is 1. The van der Waals surface area contributed by atoms with E-state index < -0.39 is 11.9 Å². The number of phenols is 1. The number of ketones is 1. The quantitative estimate of drug-likeness (QED) is 0.233. The molecule has 0 fully saturated rings. The van der Waals surface area contributed by atoms with E-state index in [0.29, 0.717) is 35.6 Å². The minimum Gasteiger partial charge on any atom is -0.508 e. The second kappa shape index (κ2) is 11.3. The van der Waals surface area contributed by atoms with Gasteiger partial charge in [0, 0.05) is 34.4 Å². The van der Waals surface area contributed by atoms with Crippen molar-refractivity contribution in [2.75, 3.05) is 13.2 Å². The van der Waals surface area contributed by atoms with E-state index in [1.165, 1.54) is 0 Å². The SMILES string of the molecule is C=CC1=C(C(=O)OCCOC2=CCC(C)C=C2)C(c2ccccc2O)C2=C(CC(CC)(C(=C)C)CC2=O)N1. The number of Topliss-reactive ketones (excluding diaryl/α,β-unsaturated/α-hetero) is 1. The number of allylic oxidation sites excluding steroid dienone is 7. The number of para-hydroxylation sites is 1. The van der Waals surface area contributed by atoms with Gasteiger partial charge in [0.2, 0.25) is 0 Å². The van der Waals surface area contributed by atoms with Crippen molar-refractivity contribution >= 4 is 11.8 Å². The zero-order valence-corrected chi connectivity index (χ0v) is 22.5. The molecule has 1 aromatic rings. The Balaban J connectivity index is 1.65. The van der Waals surface area contributed by atoms with Crippen LogP contribution in [0.5, 0.6) is 5.75 Å². The van der Waals surface area contributed by atoms with E-state index in [1.54, 1.807) is 30.3 Å². The average Bonchev–Trinajstić information content (AvgIpc) is 2.90. The molecule has 4 rings (SSSR count). The van der Waals surface area contributed by atoms with Gasteiger partial charge >= 0.3 is 5.97 Å². The summed E-state index contributed by atoms with van der Waals surface area (Å²) in [5, 5.41) is 14.1. The standard InChI is InChI=1S/C32H37NO5/c1-6-24-30(31(36)38-17-16-37-22-14-12-21(5)13-15-22)28(23-10-8-9-11-26(23)34)29-25(33-24)18-32(7-2,20(3)4)19-27(29)35/h6,8-12,14-15,21,28,33-34H,1,3,7,13,16-19H2,2,4-5H3. The molecule has 1 aliphatic heterocycles. The molecule has 0 spiro atoms. The lowest BCUT2D eigenvalue weighted by Gasteiger charge is -2.43. The maximum absolute atomic E-state index is 13.8. The minimum atomic E-state index is -0.785. The van der Waals surface area contributed by atoms with Gasteiger partial charge in [0.05, 0.1) is 11.5 Å². The zero-order valence-electron chi connectivity index (χ0n) is 22.5. The van der Waals surface area contributed by atoms with E-state index in [-0.39, 0.29) is 35.7 Å². The summed E-state index contributed by atoms with van der Waals surface area (Å²) < 4.78 is 11.4. The summed E-state index contributed by atoms with van der Waals surface area (Å²) in [5.41, 5.74) is 3.00. The molecule has 3 unspecified atom stereocenters. The molecular weight excluding hydrogens is 478 g/mol. The molecule has 0 bridgehead atoms. The lowest BCUT2D eigenvalue weighted by Crippen LogP contribution is -2.41. The van der Waals surface area contributed by atoms with Gasteiger partial charge in [0.1, 0.15) is 24.7 Å². The van der Waals surface area contributed by atoms with Crippen molar-refractivity contribution in [1.82, 2.24) is 5.32 Å². The monoisotopic (exact) mass is 515 g/mol. The lowest BCUT2D eigenvalue weighted by atomic mass is 9.63. The Morgan fingerprint density at radius 2 is 2.03 bits per heavy atom. The molecule has 200 valence electrons. The fourth-order valence-electron chi connectivity index (χ4n) is 5.51. The fraction of sp³-hybridized carbons (Fsp3) is 0.375. The molecule has 3 aliphatic rings. The van der Waals surface area contributed by atoms with E-state index in [9.17, 15) is 14.7 Å². The van der Waals surface area contributed by atoms with Crippen LogP contribution in [0.25, 0.3) is 0 Å². The first-order valence-electron chi connectivity index (χ1n) is 13.2. The van der Waals surface area contributed by atoms with E-state index in [2.05, 4.69) is 38.4 Å². The molecule has 0 saturated carbocycles. The van der Waals surface area contributed by atoms with Gasteiger partial charge < -0.3 is 19.9 Å². The summed E-state index contributed by atoms with van der Waals surface area (Å²) in [6.45, 7) is 14.5. The van der Waals surface area contributed by atoms with Gasteiger partial charge in [-0.3, -0.25) is 4.79 Å². The van der Waals surface area contributed by atoms with Gasteiger partial charge in [-0.25, -0.2) is 4.79 Å². The number of benzene rings is 1. The van der Waals surface area contributed by atoms with Crippen LogP contribution in [0.4, 0.5) is 0 Å². The second-order valence-electron chi connectivity index (χ2n) is 10.4. The van der Waals surface area contributed by atoms with Crippen LogP contribution < -0.4 is 5.32 Å². The third kappa shape index (κ3) is 5.26. The Morgan fingerprint density at radius 3 is 2.66 bits per heavy atom. The summed E-state index contributed by atoms with van der Waals surface area (Å²) in [7, 11) is 0. The minimum absolute atomic E-state index is 0.00794. The number of hydrogen-bond donors (Lipinski definition) is 2. The Hall–Kier alpha value is -3.80. The number of esters is 1. The second-order valence-corrected chi connectivity index (χ2v) is 10.4. The molecule has 1 heterocycles. The number of carbonyl (C=O) groups excluding carboxylic acids is 2. The van der Waals surface area contributed by atoms with Gasteiger partial charge in [0.25, 0.3) is 0 Å². The molecule has 1 aromatic carbocycles. The van der Waals surface area contributed by atoms with Crippen LogP contribution in [0.2, 0.25) is 0 Å². The maximum atomic E-state index is 13.8. The van der Waals surface area contributed by atoms with Gasteiger partial charge in [-0.15, -0.1) is 0 Å². The van der Waals surface area contributed by atoms with Crippen molar-refractivity contribution in [3.8, 4) is 5.75 Å². The third-order valence-electron chi connectivity index (χ3n) is 7.91. The van der Waals surface area contributed by atoms with E-state index >= 15 is 0 Å². The highest BCUT2D eigenvalue weighted by Gasteiger charge is 2.46. The molecule has 0 saturated heterocycles. The molecule has 0 radical (unpaired) electrons. The zero-order chi connectivity index (χ0) is 27.4. The van der Waals surface area contributed by atoms with E-state index in [4.69, 9.17) is 9.47 Å². The van der Waals surface area contributed by atoms with Crippen LogP contribution in [0.3, 0.4) is 0 Å². The summed E-state index contributed by atoms with van der Waals surface area (Å²) in [6.07, 6.45) is 10.2. The summed E-state index contributed by atoms with van der Waals surface area (Å²) in [5.74, 6) is -0.193. The van der Waals surface area contributed by atoms with Crippen molar-refractivity contribution in [2.45, 2.75) is 52.4 Å². The lowest BCUT2D eigenvalue weighted by molar-refractivity contribution is -0.140. The molecular formula is C32H37NO5. The van der Waals surface area contributed by atoms with Crippen molar-refractivity contribution in [3.63, 3.8) is 0 Å². The Morgan fingerprint density at radius 1 is 1.26 bits per heavy atom. The van der Waals surface area contributed by atoms with Gasteiger partial charge in [0.15, 0.2) is 5.78 Å². The van der Waals surface area contributed by atoms with Crippen LogP contribution in [-0.4, -0.2) is 30.1 Å². The van der Waals surface area contributed by atoms with E-state index in [0.717, 1.165) is 29.9 Å². The van der Waals surface area contributed by atoms with Crippen molar-refractivity contribution < 1.29 is 24.2 Å². The van der Waals surface area contributed by atoms with Gasteiger partial charge in [-0.05, 0) is 56.4 Å². The fourth-order valence-corrected chi connectivity index (χ4v) is 5.51. The predicted molar refractivity (Wildman–Crippen MR) is 148 cm³/mol. The highest BCUT2D eigenvalue weighted by molar-refractivity contribution is 6.04. The molecule has 38 heavy (non-hydrogen) atoms. The normalized spacial score (nSPS) is 24.8. The predicted octanol–water partition coefficient (Wildman–Crippen LogP) is 6.15. The van der Waals surface area contributed by atoms with Crippen molar-refractivity contribution in [1.29, 1.82) is 0 Å². The summed E-state index contributed by atoms with van der Waals surface area (Å²) in [4.78, 5) is 27.3. The molecule has 6 heteroatoms. The number of carbonyl (C=O) groups is 2. The van der Waals surface area contributed by atoms with Crippen LogP contribution in [-0.2, 0) is 19.1 Å². The summed E-state index contributed by atoms with van der Waals surface area (Å²) >= 11 is 0. The van der Waals surface area contributed by atoms with Gasteiger partial charge in [-0.1, -0.05) is 56.9 Å². The summed E-state index contributed by atoms with van der Waals surface area (Å²) in [6, 6.07) is 6.80. The van der Waals surface area contributed by atoms with Crippen molar-refractivity contribution in [2.24, 2.45) is 11.3 Å². The highest BCUT2D eigenvalue weighted by Crippen LogP contribution is 2.51. The van der Waals surface area contributed by atoms with Gasteiger partial charge in [-0.2, -0.15) is 0 Å². The van der Waals surface area contributed by atoms with Crippen LogP contribution in [0.1, 0.15) is 57.9 Å². The maximum Gasteiger partial charge on any atom is 0.337 e. The van der Waals surface area contributed by atoms with Crippen LogP contribution in [0.15, 0.2) is 95.6 Å². The first-order valence-corrected chi connectivity index (χ1v) is 13.2. The molecule has 2 N–H and O–H groups in total. The van der Waals surface area contributed by atoms with E-state index in [1.807, 2.05) is 19.1 Å². The number of dihydropyridines is 1. The Bertz CT molecular complexity index is 1280. The number of rotatable bonds is 9. The molecule has 3 atom stereocenters. The molecule has 2 aliphatic carbocycles. The molecule has 0 amide bonds. The Kier molecular flexibility index (Phi) is 8.10. The topological polar surface area (TPSA) is 84.9 Å². The average molecular weight is 516 g/mol. The highest BCUT2D eigenvalue weighted by atomic mass is 16.6. The number of aromatic hydroxyl groups is 1. The van der Waals surface area contributed by atoms with Crippen molar-refractivity contribution in [3.05, 3.63) is 101 Å².